The summed E-state index contributed by atoms with van der Waals surface area (Å²) >= 11 is 3.30. The molecule has 4 rings (SSSR count). The molecule has 0 spiro atoms. The normalized spacial score (nSPS) is 14.4. The van der Waals surface area contributed by atoms with Gasteiger partial charge in [-0.25, -0.2) is 14.6 Å². The van der Waals surface area contributed by atoms with Crippen molar-refractivity contribution in [3.05, 3.63) is 76.0 Å². The maximum absolute atomic E-state index is 14.2. The van der Waals surface area contributed by atoms with E-state index in [2.05, 4.69) is 27.6 Å². The number of ether oxygens (including phenoxy) is 6. The fourth-order valence-electron chi connectivity index (χ4n) is 4.85. The lowest BCUT2D eigenvalue weighted by Gasteiger charge is -2.26. The number of carbonyl (C=O) groups excluding carboxylic acids is 2. The third-order valence-electron chi connectivity index (χ3n) is 6.60. The van der Waals surface area contributed by atoms with Crippen molar-refractivity contribution in [2.75, 3.05) is 40.1 Å². The molecule has 1 atom stereocenters. The molecule has 1 aliphatic heterocycles. The van der Waals surface area contributed by atoms with Gasteiger partial charge in [0, 0.05) is 5.56 Å². The largest absolute Gasteiger partial charge is 0.493 e. The van der Waals surface area contributed by atoms with Crippen LogP contribution in [-0.4, -0.2) is 56.6 Å². The molecule has 11 nitrogen and oxygen atoms in total. The Hall–Kier alpha value is -3.85. The summed E-state index contributed by atoms with van der Waals surface area (Å²) in [6.45, 7) is 9.69. The topological polar surface area (TPSA) is 124 Å². The van der Waals surface area contributed by atoms with Crippen LogP contribution in [0.4, 0.5) is 0 Å². The molecular weight excluding hydrogens is 715 g/mol. The molecule has 0 N–H and O–H groups in total. The van der Waals surface area contributed by atoms with E-state index in [1.807, 2.05) is 19.9 Å². The maximum atomic E-state index is 14.2. The van der Waals surface area contributed by atoms with Crippen LogP contribution in [0.5, 0.6) is 23.0 Å². The molecule has 1 aromatic heterocycles. The van der Waals surface area contributed by atoms with Crippen LogP contribution in [-0.2, 0) is 19.1 Å². The van der Waals surface area contributed by atoms with Gasteiger partial charge in [0.2, 0.25) is 0 Å². The summed E-state index contributed by atoms with van der Waals surface area (Å²) < 4.78 is 36.1. The first-order valence-electron chi connectivity index (χ1n) is 14.4. The second kappa shape index (κ2) is 15.4. The number of fused-ring (bicyclic) bond motifs is 1. The average molecular weight is 751 g/mol. The summed E-state index contributed by atoms with van der Waals surface area (Å²) in [5.41, 5.74) is 1.57. The first-order valence-corrected chi connectivity index (χ1v) is 16.3. The first kappa shape index (κ1) is 34.0. The number of esters is 2. The van der Waals surface area contributed by atoms with E-state index in [-0.39, 0.29) is 31.0 Å². The first-order chi connectivity index (χ1) is 21.7. The van der Waals surface area contributed by atoms with Crippen LogP contribution >= 0.6 is 33.9 Å². The summed E-state index contributed by atoms with van der Waals surface area (Å²) in [6.07, 6.45) is 1.74. The number of aromatic nitrogens is 1. The maximum Gasteiger partial charge on any atom is 0.344 e. The Kier molecular flexibility index (Phi) is 11.7. The van der Waals surface area contributed by atoms with Crippen molar-refractivity contribution in [1.29, 1.82) is 0 Å². The van der Waals surface area contributed by atoms with Gasteiger partial charge < -0.3 is 28.4 Å². The van der Waals surface area contributed by atoms with Crippen LogP contribution in [0.2, 0.25) is 0 Å². The van der Waals surface area contributed by atoms with Crippen molar-refractivity contribution in [3.63, 3.8) is 0 Å². The number of nitrogens with zero attached hydrogens (tertiary/aromatic N) is 2. The Balaban J connectivity index is 1.90. The number of hydrogen-bond donors (Lipinski definition) is 0. The van der Waals surface area contributed by atoms with E-state index >= 15 is 0 Å². The van der Waals surface area contributed by atoms with Crippen LogP contribution < -0.4 is 33.8 Å². The molecule has 3 aromatic rings. The minimum absolute atomic E-state index is 0.156. The average Bonchev–Trinajstić information content (AvgIpc) is 3.30. The lowest BCUT2D eigenvalue weighted by atomic mass is 9.94. The molecule has 0 unspecified atom stereocenters. The molecular formula is C32H35IN2O9S. The molecule has 0 amide bonds. The van der Waals surface area contributed by atoms with E-state index in [0.717, 1.165) is 0 Å². The highest BCUT2D eigenvalue weighted by molar-refractivity contribution is 14.1. The van der Waals surface area contributed by atoms with Gasteiger partial charge in [-0.05, 0) is 87.0 Å². The molecule has 0 aliphatic carbocycles. The molecule has 0 saturated heterocycles. The molecule has 0 radical (unpaired) electrons. The molecule has 45 heavy (non-hydrogen) atoms. The predicted molar refractivity (Wildman–Crippen MR) is 177 cm³/mol. The van der Waals surface area contributed by atoms with Crippen molar-refractivity contribution in [2.24, 2.45) is 4.99 Å². The van der Waals surface area contributed by atoms with Gasteiger partial charge in [0.05, 0.1) is 52.9 Å². The van der Waals surface area contributed by atoms with E-state index in [1.165, 1.54) is 23.0 Å². The van der Waals surface area contributed by atoms with Gasteiger partial charge in [-0.3, -0.25) is 9.36 Å². The third kappa shape index (κ3) is 7.35. The summed E-state index contributed by atoms with van der Waals surface area (Å²) in [4.78, 5) is 44.5. The van der Waals surface area contributed by atoms with Crippen LogP contribution in [0.1, 0.15) is 51.8 Å². The van der Waals surface area contributed by atoms with Gasteiger partial charge in [-0.15, -0.1) is 0 Å². The van der Waals surface area contributed by atoms with Crippen LogP contribution in [0.25, 0.3) is 6.08 Å². The number of allylic oxidation sites excluding steroid dienone is 1. The molecule has 0 bridgehead atoms. The van der Waals surface area contributed by atoms with Crippen molar-refractivity contribution < 1.29 is 38.0 Å². The number of rotatable bonds is 13. The highest BCUT2D eigenvalue weighted by Gasteiger charge is 2.36. The van der Waals surface area contributed by atoms with Gasteiger partial charge in [0.15, 0.2) is 34.4 Å². The number of methoxy groups -OCH3 is 1. The Labute approximate surface area is 278 Å². The summed E-state index contributed by atoms with van der Waals surface area (Å²) in [6, 6.07) is 8.04. The minimum Gasteiger partial charge on any atom is -0.493 e. The monoisotopic (exact) mass is 750 g/mol. The summed E-state index contributed by atoms with van der Waals surface area (Å²) in [7, 11) is 1.53. The zero-order valence-electron chi connectivity index (χ0n) is 25.9. The summed E-state index contributed by atoms with van der Waals surface area (Å²) in [5, 5.41) is 0. The van der Waals surface area contributed by atoms with E-state index < -0.39 is 18.0 Å². The molecule has 2 aromatic carbocycles. The number of carbonyl (C=O) groups is 2. The quantitative estimate of drug-likeness (QED) is 0.187. The van der Waals surface area contributed by atoms with Crippen molar-refractivity contribution >= 4 is 51.9 Å². The standard InChI is InChI=1S/C32H35IN2O9S/c1-7-40-23-15-19(14-21(33)29(23)44-17-25(36)41-8-2)16-24-30(37)35-27(20-12-11-13-22(39-6)28(20)42-9-3)26(31(38)43-10-4)18(5)34-32(35)45-24/h11-16,27H,7-10,17H2,1-6H3/b24-16+/t27-/m0/s1. The number of benzene rings is 2. The number of halogens is 1. The number of para-hydroxylation sites is 1. The van der Waals surface area contributed by atoms with E-state index in [9.17, 15) is 14.4 Å². The lowest BCUT2D eigenvalue weighted by Crippen LogP contribution is -2.40. The second-order valence-electron chi connectivity index (χ2n) is 9.47. The molecule has 13 heteroatoms. The van der Waals surface area contributed by atoms with Crippen molar-refractivity contribution in [1.82, 2.24) is 4.57 Å². The summed E-state index contributed by atoms with van der Waals surface area (Å²) in [5.74, 6) is 0.656. The van der Waals surface area contributed by atoms with Crippen LogP contribution in [0, 0.1) is 3.57 Å². The Bertz CT molecular complexity index is 1790. The van der Waals surface area contributed by atoms with Gasteiger partial charge in [0.25, 0.3) is 5.56 Å². The fraction of sp³-hybridized carbons (Fsp3) is 0.375. The molecule has 1 aliphatic rings. The lowest BCUT2D eigenvalue weighted by molar-refractivity contribution is -0.145. The molecule has 2 heterocycles. The van der Waals surface area contributed by atoms with E-state index in [0.29, 0.717) is 65.9 Å². The number of hydrogen-bond acceptors (Lipinski definition) is 11. The zero-order valence-corrected chi connectivity index (χ0v) is 28.9. The highest BCUT2D eigenvalue weighted by atomic mass is 127. The van der Waals surface area contributed by atoms with Gasteiger partial charge in [0.1, 0.15) is 6.04 Å². The Morgan fingerprint density at radius 3 is 2.38 bits per heavy atom. The smallest absolute Gasteiger partial charge is 0.344 e. The Morgan fingerprint density at radius 1 is 0.978 bits per heavy atom. The predicted octanol–water partition coefficient (Wildman–Crippen LogP) is 4.15. The minimum atomic E-state index is -0.878. The van der Waals surface area contributed by atoms with Gasteiger partial charge in [-0.1, -0.05) is 23.5 Å². The van der Waals surface area contributed by atoms with Crippen molar-refractivity contribution in [3.8, 4) is 23.0 Å². The molecule has 0 fully saturated rings. The van der Waals surface area contributed by atoms with E-state index in [1.54, 1.807) is 51.1 Å². The SMILES string of the molecule is CCOC(=O)COc1c(I)cc(/C=c2/sc3n(c2=O)[C@@H](c2cccc(OC)c2OCC)C(C(=O)OCC)=C(C)N=3)cc1OCC. The fourth-order valence-corrected chi connectivity index (χ4v) is 6.68. The van der Waals surface area contributed by atoms with Gasteiger partial charge in [-0.2, -0.15) is 0 Å². The zero-order chi connectivity index (χ0) is 32.7. The third-order valence-corrected chi connectivity index (χ3v) is 8.38. The second-order valence-corrected chi connectivity index (χ2v) is 11.6. The van der Waals surface area contributed by atoms with Crippen molar-refractivity contribution in [2.45, 2.75) is 40.7 Å². The van der Waals surface area contributed by atoms with Crippen LogP contribution in [0.15, 0.2) is 51.4 Å². The molecule has 240 valence electrons. The van der Waals surface area contributed by atoms with Crippen LogP contribution in [0.3, 0.4) is 0 Å². The Morgan fingerprint density at radius 2 is 1.71 bits per heavy atom. The molecule has 0 saturated carbocycles. The van der Waals surface area contributed by atoms with E-state index in [4.69, 9.17) is 28.4 Å². The number of thiazole rings is 1. The van der Waals surface area contributed by atoms with Gasteiger partial charge >= 0.3 is 11.9 Å². The highest BCUT2D eigenvalue weighted by Crippen LogP contribution is 2.41.